The molecule has 0 N–H and O–H groups in total. The molecule has 0 heterocycles. The summed E-state index contributed by atoms with van der Waals surface area (Å²) in [4.78, 5) is 2.41. The van der Waals surface area contributed by atoms with Crippen molar-refractivity contribution in [1.29, 1.82) is 0 Å². The minimum absolute atomic E-state index is 0.0260. The number of fused-ring (bicyclic) bond motifs is 2. The topological polar surface area (TPSA) is 3.24 Å². The monoisotopic (exact) mass is 946 g/mol. The summed E-state index contributed by atoms with van der Waals surface area (Å²) in [5, 5.41) is 4.75. The molecule has 0 bridgehead atoms. The molecule has 1 heteroatoms. The predicted molar refractivity (Wildman–Crippen MR) is 319 cm³/mol. The van der Waals surface area contributed by atoms with E-state index in [9.17, 15) is 0 Å². The first-order valence-electron chi connectivity index (χ1n) is 25.9. The van der Waals surface area contributed by atoms with E-state index in [1.165, 1.54) is 60.8 Å². The third-order valence-electron chi connectivity index (χ3n) is 14.6. The fourth-order valence-electron chi connectivity index (χ4n) is 10.6. The minimum atomic E-state index is -0.0439. The summed E-state index contributed by atoms with van der Waals surface area (Å²) in [7, 11) is 0. The lowest BCUT2D eigenvalue weighted by Gasteiger charge is -2.28. The SMILES string of the molecule is C=Cc1c(/C=C\c2ccc(C(C)(C)C)cc2)c(-c2ccc(-c3ccccc3C(C)(C)C)c3ccccc23)c2cc(N(c3ccccc3)c3ccc(C(C)(C)C)cc3)ccc2c1-c1ccc(-c2ccccc2)cc1. The molecule has 0 saturated carbocycles. The molecule has 73 heavy (non-hydrogen) atoms. The van der Waals surface area contributed by atoms with Crippen molar-refractivity contribution in [1.82, 2.24) is 0 Å². The van der Waals surface area contributed by atoms with Gasteiger partial charge in [0.15, 0.2) is 0 Å². The van der Waals surface area contributed by atoms with Crippen molar-refractivity contribution in [3.8, 4) is 44.5 Å². The molecule has 0 spiro atoms. The largest absolute Gasteiger partial charge is 0.310 e. The van der Waals surface area contributed by atoms with Gasteiger partial charge in [0.25, 0.3) is 0 Å². The van der Waals surface area contributed by atoms with Gasteiger partial charge in [0.05, 0.1) is 0 Å². The van der Waals surface area contributed by atoms with Crippen molar-refractivity contribution in [3.63, 3.8) is 0 Å². The smallest absolute Gasteiger partial charge is 0.0468 e. The first kappa shape index (κ1) is 48.6. The van der Waals surface area contributed by atoms with E-state index in [2.05, 4.69) is 304 Å². The third kappa shape index (κ3) is 9.73. The Kier molecular flexibility index (Phi) is 13.0. The Hall–Kier alpha value is -8.00. The van der Waals surface area contributed by atoms with Crippen LogP contribution in [0, 0.1) is 0 Å². The lowest BCUT2D eigenvalue weighted by atomic mass is 9.79. The zero-order valence-electron chi connectivity index (χ0n) is 44.1. The number of para-hydroxylation sites is 1. The molecule has 0 atom stereocenters. The lowest BCUT2D eigenvalue weighted by Crippen LogP contribution is -2.13. The number of rotatable bonds is 10. The van der Waals surface area contributed by atoms with Crippen LogP contribution >= 0.6 is 0 Å². The molecule has 10 aromatic carbocycles. The van der Waals surface area contributed by atoms with E-state index in [0.29, 0.717) is 0 Å². The van der Waals surface area contributed by atoms with Crippen LogP contribution in [0.2, 0.25) is 0 Å². The molecule has 10 aromatic rings. The quantitative estimate of drug-likeness (QED) is 0.124. The predicted octanol–water partition coefficient (Wildman–Crippen LogP) is 20.8. The Morgan fingerprint density at radius 1 is 0.342 bits per heavy atom. The van der Waals surface area contributed by atoms with Crippen molar-refractivity contribution in [3.05, 3.63) is 252 Å². The molecule has 360 valence electrons. The normalized spacial score (nSPS) is 12.2. The maximum absolute atomic E-state index is 4.63. The van der Waals surface area contributed by atoms with Crippen LogP contribution in [0.25, 0.3) is 84.3 Å². The summed E-state index contributed by atoms with van der Waals surface area (Å²) in [6, 6.07) is 78.5. The molecule has 0 aliphatic carbocycles. The van der Waals surface area contributed by atoms with E-state index in [1.54, 1.807) is 0 Å². The summed E-state index contributed by atoms with van der Waals surface area (Å²) in [6.07, 6.45) is 6.73. The second-order valence-electron chi connectivity index (χ2n) is 22.6. The molecule has 0 aliphatic heterocycles. The van der Waals surface area contributed by atoms with Gasteiger partial charge in [-0.25, -0.2) is 0 Å². The van der Waals surface area contributed by atoms with Crippen molar-refractivity contribution < 1.29 is 0 Å². The van der Waals surface area contributed by atoms with Crippen molar-refractivity contribution in [2.45, 2.75) is 78.6 Å². The van der Waals surface area contributed by atoms with E-state index in [1.807, 2.05) is 0 Å². The molecule has 0 radical (unpaired) electrons. The van der Waals surface area contributed by atoms with Gasteiger partial charge in [-0.2, -0.15) is 0 Å². The zero-order chi connectivity index (χ0) is 51.1. The molecule has 0 saturated heterocycles. The summed E-state index contributed by atoms with van der Waals surface area (Å²) in [5.74, 6) is 0. The lowest BCUT2D eigenvalue weighted by molar-refractivity contribution is 0.590. The Morgan fingerprint density at radius 3 is 1.47 bits per heavy atom. The summed E-state index contributed by atoms with van der Waals surface area (Å²) in [5.41, 5.74) is 20.1. The highest BCUT2D eigenvalue weighted by Crippen LogP contribution is 2.49. The van der Waals surface area contributed by atoms with Crippen LogP contribution in [-0.4, -0.2) is 0 Å². The van der Waals surface area contributed by atoms with Crippen molar-refractivity contribution >= 4 is 56.8 Å². The average molecular weight is 946 g/mol. The molecule has 0 aromatic heterocycles. The standard InChI is InChI=1S/C72H67N/c1-11-58-63(44-32-49-30-37-53(38-31-49)70(2,3)4)69(64-47-46-61(59-26-18-19-27-60(59)64)62-28-20-21-29-67(62)72(8,9)10)66-48-57(73(55-24-16-13-17-25-55)56-41-39-54(40-42-56)71(5,6)7)43-45-65(66)68(58)52-35-33-51(34-36-52)50-22-14-12-15-23-50/h11-48H,1H2,2-10H3/b44-32-. The van der Waals surface area contributed by atoms with E-state index in [-0.39, 0.29) is 16.2 Å². The first-order valence-corrected chi connectivity index (χ1v) is 25.9. The van der Waals surface area contributed by atoms with Crippen LogP contribution in [0.3, 0.4) is 0 Å². The summed E-state index contributed by atoms with van der Waals surface area (Å²) >= 11 is 0. The maximum atomic E-state index is 4.63. The fraction of sp³-hybridized carbons (Fsp3) is 0.167. The Balaban J connectivity index is 1.31. The van der Waals surface area contributed by atoms with Gasteiger partial charge in [0.1, 0.15) is 0 Å². The highest BCUT2D eigenvalue weighted by molar-refractivity contribution is 6.18. The number of nitrogens with zero attached hydrogens (tertiary/aromatic N) is 1. The van der Waals surface area contributed by atoms with E-state index in [0.717, 1.165) is 55.7 Å². The Bertz CT molecular complexity index is 3630. The number of hydrogen-bond acceptors (Lipinski definition) is 1. The molecule has 0 unspecified atom stereocenters. The van der Waals surface area contributed by atoms with E-state index < -0.39 is 0 Å². The van der Waals surface area contributed by atoms with Crippen LogP contribution in [0.15, 0.2) is 219 Å². The van der Waals surface area contributed by atoms with E-state index >= 15 is 0 Å². The van der Waals surface area contributed by atoms with Gasteiger partial charge in [-0.1, -0.05) is 263 Å². The van der Waals surface area contributed by atoms with Crippen LogP contribution in [0.1, 0.15) is 95.7 Å². The van der Waals surface area contributed by atoms with Crippen LogP contribution in [0.5, 0.6) is 0 Å². The molecular formula is C72H67N. The van der Waals surface area contributed by atoms with Crippen LogP contribution in [-0.2, 0) is 16.2 Å². The second kappa shape index (κ2) is 19.5. The van der Waals surface area contributed by atoms with Gasteiger partial charge >= 0.3 is 0 Å². The third-order valence-corrected chi connectivity index (χ3v) is 14.6. The van der Waals surface area contributed by atoms with Gasteiger partial charge in [-0.15, -0.1) is 0 Å². The number of benzene rings is 10. The molecule has 10 rings (SSSR count). The number of hydrogen-bond donors (Lipinski definition) is 0. The van der Waals surface area contributed by atoms with Gasteiger partial charge in [0, 0.05) is 17.1 Å². The van der Waals surface area contributed by atoms with Crippen LogP contribution in [0.4, 0.5) is 17.1 Å². The first-order chi connectivity index (χ1) is 35.1. The second-order valence-corrected chi connectivity index (χ2v) is 22.6. The van der Waals surface area contributed by atoms with Crippen molar-refractivity contribution in [2.75, 3.05) is 4.90 Å². The Labute approximate surface area is 434 Å². The minimum Gasteiger partial charge on any atom is -0.310 e. The summed E-state index contributed by atoms with van der Waals surface area (Å²) < 4.78 is 0. The van der Waals surface area contributed by atoms with Gasteiger partial charge in [-0.05, 0) is 152 Å². The van der Waals surface area contributed by atoms with Gasteiger partial charge < -0.3 is 4.90 Å². The molecule has 1 nitrogen and oxygen atoms in total. The van der Waals surface area contributed by atoms with Gasteiger partial charge in [0.2, 0.25) is 0 Å². The molecule has 0 aliphatic rings. The molecular weight excluding hydrogens is 879 g/mol. The number of anilines is 3. The van der Waals surface area contributed by atoms with Crippen molar-refractivity contribution in [2.24, 2.45) is 0 Å². The maximum Gasteiger partial charge on any atom is 0.0468 e. The zero-order valence-corrected chi connectivity index (χ0v) is 44.1. The fourth-order valence-corrected chi connectivity index (χ4v) is 10.6. The molecule has 0 amide bonds. The van der Waals surface area contributed by atoms with Crippen LogP contribution < -0.4 is 4.90 Å². The summed E-state index contributed by atoms with van der Waals surface area (Å²) in [6.45, 7) is 25.2. The highest BCUT2D eigenvalue weighted by atomic mass is 15.1. The van der Waals surface area contributed by atoms with Gasteiger partial charge in [-0.3, -0.25) is 0 Å². The average Bonchev–Trinajstić information content (AvgIpc) is 3.40. The van der Waals surface area contributed by atoms with E-state index in [4.69, 9.17) is 0 Å². The Morgan fingerprint density at radius 2 is 0.849 bits per heavy atom. The highest BCUT2D eigenvalue weighted by Gasteiger charge is 2.25. The molecule has 0 fully saturated rings.